The maximum atomic E-state index is 12.0. The van der Waals surface area contributed by atoms with Crippen molar-refractivity contribution >= 4 is 57.8 Å². The predicted molar refractivity (Wildman–Crippen MR) is 110 cm³/mol. The summed E-state index contributed by atoms with van der Waals surface area (Å²) in [6, 6.07) is 12.9. The Bertz CT molecular complexity index is 763. The Kier molecular flexibility index (Phi) is 7.05. The Morgan fingerprint density at radius 1 is 1.08 bits per heavy atom. The van der Waals surface area contributed by atoms with E-state index in [0.717, 1.165) is 5.69 Å². The van der Waals surface area contributed by atoms with Crippen LogP contribution in [0, 0.1) is 0 Å². The molecule has 0 aromatic heterocycles. The molecule has 0 atom stereocenters. The van der Waals surface area contributed by atoms with Crippen LogP contribution in [0.1, 0.15) is 25.3 Å². The molecule has 0 saturated heterocycles. The summed E-state index contributed by atoms with van der Waals surface area (Å²) in [5, 5.41) is 9.86. The normalized spacial score (nSPS) is 10.4. The van der Waals surface area contributed by atoms with E-state index < -0.39 is 0 Å². The summed E-state index contributed by atoms with van der Waals surface area (Å²) in [5.41, 5.74) is 2.58. The third-order valence-electron chi connectivity index (χ3n) is 3.45. The first-order valence-electron chi connectivity index (χ1n) is 7.75. The first kappa shape index (κ1) is 19.5. The largest absolute Gasteiger partial charge is 0.353 e. The molecule has 0 bridgehead atoms. The highest BCUT2D eigenvalue weighted by atomic mass is 35.5. The molecule has 0 heterocycles. The molecule has 0 spiro atoms. The van der Waals surface area contributed by atoms with Crippen molar-refractivity contribution in [1.29, 1.82) is 0 Å². The molecular formula is C18H19Cl2N3OS. The second-order valence-corrected chi connectivity index (χ2v) is 7.01. The van der Waals surface area contributed by atoms with Crippen LogP contribution < -0.4 is 16.0 Å². The van der Waals surface area contributed by atoms with E-state index in [4.69, 9.17) is 35.4 Å². The highest BCUT2D eigenvalue weighted by Gasteiger charge is 2.07. The third-order valence-corrected chi connectivity index (χ3v) is 4.26. The van der Waals surface area contributed by atoms with Crippen molar-refractivity contribution in [2.45, 2.75) is 19.8 Å². The summed E-state index contributed by atoms with van der Waals surface area (Å²) < 4.78 is 0. The van der Waals surface area contributed by atoms with E-state index in [-0.39, 0.29) is 12.5 Å². The standard InChI is InChI=1S/C18H19Cl2N3OS/c1-11(2)12-3-6-14(7-4-12)22-18(25)21-10-17(24)23-16-9-13(19)5-8-15(16)20/h3-9,11H,10H2,1-2H3,(H,23,24)(H2,21,22,25). The predicted octanol–water partition coefficient (Wildman–Crippen LogP) is 5.04. The minimum absolute atomic E-state index is 0.0127. The molecule has 2 rings (SSSR count). The number of benzene rings is 2. The van der Waals surface area contributed by atoms with Crippen LogP contribution in [0.3, 0.4) is 0 Å². The van der Waals surface area contributed by atoms with Crippen molar-refractivity contribution in [3.05, 3.63) is 58.1 Å². The van der Waals surface area contributed by atoms with E-state index >= 15 is 0 Å². The zero-order valence-electron chi connectivity index (χ0n) is 13.9. The number of amides is 1. The van der Waals surface area contributed by atoms with E-state index in [9.17, 15) is 4.79 Å². The van der Waals surface area contributed by atoms with E-state index in [2.05, 4.69) is 29.8 Å². The molecular weight excluding hydrogens is 377 g/mol. The number of anilines is 2. The van der Waals surface area contributed by atoms with Crippen LogP contribution >= 0.6 is 35.4 Å². The van der Waals surface area contributed by atoms with E-state index in [1.165, 1.54) is 5.56 Å². The fourth-order valence-corrected chi connectivity index (χ4v) is 2.60. The highest BCUT2D eigenvalue weighted by Crippen LogP contribution is 2.25. The van der Waals surface area contributed by atoms with Gasteiger partial charge < -0.3 is 16.0 Å². The van der Waals surface area contributed by atoms with Crippen molar-refractivity contribution in [2.24, 2.45) is 0 Å². The van der Waals surface area contributed by atoms with Gasteiger partial charge in [-0.15, -0.1) is 0 Å². The van der Waals surface area contributed by atoms with Gasteiger partial charge in [-0.05, 0) is 54.0 Å². The average molecular weight is 396 g/mol. The van der Waals surface area contributed by atoms with Crippen LogP contribution in [-0.2, 0) is 4.79 Å². The third kappa shape index (κ3) is 6.20. The van der Waals surface area contributed by atoms with Gasteiger partial charge in [-0.3, -0.25) is 4.79 Å². The van der Waals surface area contributed by atoms with Crippen LogP contribution in [0.15, 0.2) is 42.5 Å². The zero-order valence-corrected chi connectivity index (χ0v) is 16.2. The van der Waals surface area contributed by atoms with Crippen molar-refractivity contribution in [3.63, 3.8) is 0 Å². The van der Waals surface area contributed by atoms with Gasteiger partial charge in [0.15, 0.2) is 5.11 Å². The summed E-state index contributed by atoms with van der Waals surface area (Å²) in [6.45, 7) is 4.29. The number of carbonyl (C=O) groups excluding carboxylic acids is 1. The molecule has 4 nitrogen and oxygen atoms in total. The first-order chi connectivity index (χ1) is 11.8. The molecule has 0 unspecified atom stereocenters. The number of carbonyl (C=O) groups is 1. The molecule has 25 heavy (non-hydrogen) atoms. The Balaban J connectivity index is 1.83. The quantitative estimate of drug-likeness (QED) is 0.620. The summed E-state index contributed by atoms with van der Waals surface area (Å²) in [6.07, 6.45) is 0. The van der Waals surface area contributed by atoms with Crippen LogP contribution in [0.5, 0.6) is 0 Å². The van der Waals surface area contributed by atoms with E-state index in [1.54, 1.807) is 18.2 Å². The molecule has 0 radical (unpaired) electrons. The number of halogens is 2. The molecule has 0 aliphatic rings. The Labute approximate surface area is 162 Å². The Morgan fingerprint density at radius 3 is 2.40 bits per heavy atom. The van der Waals surface area contributed by atoms with Gasteiger partial charge in [-0.2, -0.15) is 0 Å². The fourth-order valence-electron chi connectivity index (χ4n) is 2.07. The molecule has 0 fully saturated rings. The maximum Gasteiger partial charge on any atom is 0.243 e. The van der Waals surface area contributed by atoms with Crippen LogP contribution in [-0.4, -0.2) is 17.6 Å². The number of hydrogen-bond acceptors (Lipinski definition) is 2. The van der Waals surface area contributed by atoms with E-state index in [1.807, 2.05) is 24.3 Å². The van der Waals surface area contributed by atoms with Crippen molar-refractivity contribution < 1.29 is 4.79 Å². The van der Waals surface area contributed by atoms with Crippen LogP contribution in [0.2, 0.25) is 10.0 Å². The Morgan fingerprint density at radius 2 is 1.76 bits per heavy atom. The topological polar surface area (TPSA) is 53.2 Å². The summed E-state index contributed by atoms with van der Waals surface area (Å²) >= 11 is 17.1. The molecule has 7 heteroatoms. The lowest BCUT2D eigenvalue weighted by Gasteiger charge is -2.12. The summed E-state index contributed by atoms with van der Waals surface area (Å²) in [7, 11) is 0. The van der Waals surface area contributed by atoms with Gasteiger partial charge in [0.2, 0.25) is 5.91 Å². The lowest BCUT2D eigenvalue weighted by molar-refractivity contribution is -0.115. The summed E-state index contributed by atoms with van der Waals surface area (Å²) in [4.78, 5) is 12.0. The second-order valence-electron chi connectivity index (χ2n) is 5.76. The first-order valence-corrected chi connectivity index (χ1v) is 8.91. The number of hydrogen-bond donors (Lipinski definition) is 3. The smallest absolute Gasteiger partial charge is 0.243 e. The highest BCUT2D eigenvalue weighted by molar-refractivity contribution is 7.80. The number of thiocarbonyl (C=S) groups is 1. The van der Waals surface area contributed by atoms with Gasteiger partial charge in [0.1, 0.15) is 0 Å². The Hall–Kier alpha value is -1.82. The maximum absolute atomic E-state index is 12.0. The lowest BCUT2D eigenvalue weighted by Crippen LogP contribution is -2.35. The van der Waals surface area contributed by atoms with Gasteiger partial charge in [0.25, 0.3) is 0 Å². The molecule has 0 saturated carbocycles. The molecule has 132 valence electrons. The monoisotopic (exact) mass is 395 g/mol. The molecule has 0 aliphatic carbocycles. The zero-order chi connectivity index (χ0) is 18.4. The van der Waals surface area contributed by atoms with Crippen LogP contribution in [0.25, 0.3) is 0 Å². The average Bonchev–Trinajstić information content (AvgIpc) is 2.57. The molecule has 0 aliphatic heterocycles. The lowest BCUT2D eigenvalue weighted by atomic mass is 10.0. The SMILES string of the molecule is CC(C)c1ccc(NC(=S)NCC(=O)Nc2cc(Cl)ccc2Cl)cc1. The fraction of sp³-hybridized carbons (Fsp3) is 0.222. The molecule has 2 aromatic rings. The van der Waals surface area contributed by atoms with Gasteiger partial charge in [-0.1, -0.05) is 49.2 Å². The second kappa shape index (κ2) is 9.04. The van der Waals surface area contributed by atoms with Gasteiger partial charge >= 0.3 is 0 Å². The minimum Gasteiger partial charge on any atom is -0.353 e. The molecule has 1 amide bonds. The number of nitrogens with one attached hydrogen (secondary N) is 3. The van der Waals surface area contributed by atoms with Gasteiger partial charge in [0.05, 0.1) is 17.3 Å². The van der Waals surface area contributed by atoms with Gasteiger partial charge in [0, 0.05) is 10.7 Å². The van der Waals surface area contributed by atoms with E-state index in [0.29, 0.717) is 26.8 Å². The van der Waals surface area contributed by atoms with Crippen molar-refractivity contribution in [1.82, 2.24) is 5.32 Å². The summed E-state index contributed by atoms with van der Waals surface area (Å²) in [5.74, 6) is 0.199. The van der Waals surface area contributed by atoms with Crippen molar-refractivity contribution in [2.75, 3.05) is 17.2 Å². The molecule has 3 N–H and O–H groups in total. The van der Waals surface area contributed by atoms with Crippen LogP contribution in [0.4, 0.5) is 11.4 Å². The van der Waals surface area contributed by atoms with Gasteiger partial charge in [-0.25, -0.2) is 0 Å². The number of rotatable bonds is 5. The molecule has 2 aromatic carbocycles. The van der Waals surface area contributed by atoms with Crippen molar-refractivity contribution in [3.8, 4) is 0 Å². The minimum atomic E-state index is -0.275.